The first-order valence-corrected chi connectivity index (χ1v) is 8.57. The second-order valence-electron chi connectivity index (χ2n) is 6.50. The molecule has 0 aliphatic carbocycles. The zero-order chi connectivity index (χ0) is 18.1. The van der Waals surface area contributed by atoms with E-state index in [0.717, 1.165) is 10.9 Å². The van der Waals surface area contributed by atoms with E-state index in [1.807, 2.05) is 30.3 Å². The van der Waals surface area contributed by atoms with E-state index in [4.69, 9.17) is 0 Å². The number of ketones is 1. The topological polar surface area (TPSA) is 50.3 Å². The van der Waals surface area contributed by atoms with Crippen molar-refractivity contribution < 1.29 is 14.0 Å². The summed E-state index contributed by atoms with van der Waals surface area (Å²) >= 11 is 0. The van der Waals surface area contributed by atoms with Gasteiger partial charge in [0, 0.05) is 30.0 Å². The summed E-state index contributed by atoms with van der Waals surface area (Å²) in [5.41, 5.74) is 1.64. The van der Waals surface area contributed by atoms with E-state index in [1.54, 1.807) is 11.0 Å². The number of fused-ring (bicyclic) bond motifs is 1. The number of Topliss-reactive ketones (excluding diaryl/α,β-unsaturated/α-hetero) is 1. The molecule has 1 aromatic heterocycles. The van der Waals surface area contributed by atoms with Crippen LogP contribution in [0.3, 0.4) is 0 Å². The number of halogens is 1. The van der Waals surface area contributed by atoms with Gasteiger partial charge in [-0.15, -0.1) is 0 Å². The summed E-state index contributed by atoms with van der Waals surface area (Å²) in [4.78, 5) is 31.4. The highest BCUT2D eigenvalue weighted by Crippen LogP contribution is 2.23. The van der Waals surface area contributed by atoms with Gasteiger partial charge in [-0.3, -0.25) is 9.59 Å². The molecule has 2 heterocycles. The molecule has 4 nitrogen and oxygen atoms in total. The molecular weight excluding hydrogens is 331 g/mol. The molecule has 2 aromatic carbocycles. The number of nitrogens with zero attached hydrogens (tertiary/aromatic N) is 2. The first-order chi connectivity index (χ1) is 12.6. The van der Waals surface area contributed by atoms with Crippen molar-refractivity contribution in [3.05, 3.63) is 77.7 Å². The molecule has 1 amide bonds. The number of aromatic nitrogens is 1. The monoisotopic (exact) mass is 348 g/mol. The lowest BCUT2D eigenvalue weighted by Gasteiger charge is -2.16. The number of benzene rings is 2. The zero-order valence-electron chi connectivity index (χ0n) is 14.1. The van der Waals surface area contributed by atoms with Gasteiger partial charge in [-0.05, 0) is 42.8 Å². The molecule has 5 heteroatoms. The maximum absolute atomic E-state index is 13.0. The molecular formula is C21H17FN2O2. The van der Waals surface area contributed by atoms with E-state index in [9.17, 15) is 14.0 Å². The van der Waals surface area contributed by atoms with E-state index in [1.165, 1.54) is 24.3 Å². The number of hydrogen-bond acceptors (Lipinski definition) is 3. The lowest BCUT2D eigenvalue weighted by molar-refractivity contribution is 0.0775. The molecule has 0 N–H and O–H groups in total. The van der Waals surface area contributed by atoms with Crippen LogP contribution in [0.4, 0.5) is 4.39 Å². The molecule has 1 saturated heterocycles. The molecule has 1 fully saturated rings. The SMILES string of the molecule is O=C(c1ccc(F)cc1)C1CCN(C(=O)c2ccc3ccccc3n2)C1. The fourth-order valence-electron chi connectivity index (χ4n) is 3.36. The van der Waals surface area contributed by atoms with Crippen LogP contribution in [-0.2, 0) is 0 Å². The van der Waals surface area contributed by atoms with Gasteiger partial charge in [0.15, 0.2) is 5.78 Å². The number of rotatable bonds is 3. The molecule has 0 spiro atoms. The summed E-state index contributed by atoms with van der Waals surface area (Å²) in [5.74, 6) is -0.839. The van der Waals surface area contributed by atoms with Gasteiger partial charge >= 0.3 is 0 Å². The molecule has 0 saturated carbocycles. The average Bonchev–Trinajstić information content (AvgIpc) is 3.17. The maximum atomic E-state index is 13.0. The zero-order valence-corrected chi connectivity index (χ0v) is 14.1. The molecule has 3 aromatic rings. The standard InChI is InChI=1S/C21H17FN2O2/c22-17-8-5-15(6-9-17)20(25)16-11-12-24(13-16)21(26)19-10-7-14-3-1-2-4-18(14)23-19/h1-10,16H,11-13H2. The van der Waals surface area contributed by atoms with Gasteiger partial charge in [-0.2, -0.15) is 0 Å². The second-order valence-corrected chi connectivity index (χ2v) is 6.50. The van der Waals surface area contributed by atoms with Gasteiger partial charge in [0.05, 0.1) is 5.52 Å². The Morgan fingerprint density at radius 3 is 2.58 bits per heavy atom. The molecule has 0 radical (unpaired) electrons. The number of amides is 1. The lowest BCUT2D eigenvalue weighted by atomic mass is 9.97. The van der Waals surface area contributed by atoms with Gasteiger partial charge in [0.25, 0.3) is 5.91 Å². The average molecular weight is 348 g/mol. The Hall–Kier alpha value is -3.08. The quantitative estimate of drug-likeness (QED) is 0.678. The van der Waals surface area contributed by atoms with Crippen LogP contribution in [0.5, 0.6) is 0 Å². The van der Waals surface area contributed by atoms with E-state index in [2.05, 4.69) is 4.98 Å². The van der Waals surface area contributed by atoms with Crippen molar-refractivity contribution in [1.29, 1.82) is 0 Å². The van der Waals surface area contributed by atoms with Crippen molar-refractivity contribution in [3.8, 4) is 0 Å². The molecule has 0 bridgehead atoms. The largest absolute Gasteiger partial charge is 0.337 e. The predicted octanol–water partition coefficient (Wildman–Crippen LogP) is 3.72. The van der Waals surface area contributed by atoms with Gasteiger partial charge in [0.2, 0.25) is 0 Å². The van der Waals surface area contributed by atoms with E-state index in [0.29, 0.717) is 30.8 Å². The van der Waals surface area contributed by atoms with Crippen molar-refractivity contribution in [1.82, 2.24) is 9.88 Å². The summed E-state index contributed by atoms with van der Waals surface area (Å²) in [5, 5.41) is 0.981. The van der Waals surface area contributed by atoms with E-state index in [-0.39, 0.29) is 23.4 Å². The van der Waals surface area contributed by atoms with Crippen molar-refractivity contribution in [2.24, 2.45) is 5.92 Å². The predicted molar refractivity (Wildman–Crippen MR) is 96.5 cm³/mol. The molecule has 1 unspecified atom stereocenters. The molecule has 1 atom stereocenters. The van der Waals surface area contributed by atoms with Crippen LogP contribution in [-0.4, -0.2) is 34.7 Å². The number of likely N-dealkylation sites (tertiary alicyclic amines) is 1. The Labute approximate surface area is 150 Å². The fourth-order valence-corrected chi connectivity index (χ4v) is 3.36. The van der Waals surface area contributed by atoms with E-state index >= 15 is 0 Å². The Morgan fingerprint density at radius 2 is 1.77 bits per heavy atom. The summed E-state index contributed by atoms with van der Waals surface area (Å²) in [6.07, 6.45) is 0.607. The summed E-state index contributed by atoms with van der Waals surface area (Å²) in [6, 6.07) is 16.8. The van der Waals surface area contributed by atoms with Gasteiger partial charge in [0.1, 0.15) is 11.5 Å². The first kappa shape index (κ1) is 16.4. The number of pyridine rings is 1. The summed E-state index contributed by atoms with van der Waals surface area (Å²) < 4.78 is 13.0. The summed E-state index contributed by atoms with van der Waals surface area (Å²) in [6.45, 7) is 0.883. The number of carbonyl (C=O) groups is 2. The van der Waals surface area contributed by atoms with Crippen LogP contribution in [0.25, 0.3) is 10.9 Å². The highest BCUT2D eigenvalue weighted by atomic mass is 19.1. The normalized spacial score (nSPS) is 16.8. The molecule has 1 aliphatic heterocycles. The third-order valence-corrected chi connectivity index (χ3v) is 4.79. The van der Waals surface area contributed by atoms with Crippen LogP contribution in [0.15, 0.2) is 60.7 Å². The molecule has 130 valence electrons. The van der Waals surface area contributed by atoms with Crippen molar-refractivity contribution in [3.63, 3.8) is 0 Å². The van der Waals surface area contributed by atoms with Crippen LogP contribution in [0.2, 0.25) is 0 Å². The molecule has 4 rings (SSSR count). The molecule has 1 aliphatic rings. The van der Waals surface area contributed by atoms with Gasteiger partial charge in [-0.25, -0.2) is 9.37 Å². The Morgan fingerprint density at radius 1 is 1.00 bits per heavy atom. The second kappa shape index (κ2) is 6.67. The van der Waals surface area contributed by atoms with Crippen molar-refractivity contribution in [2.75, 3.05) is 13.1 Å². The Bertz CT molecular complexity index is 985. The number of para-hydroxylation sites is 1. The van der Waals surface area contributed by atoms with Crippen molar-refractivity contribution >= 4 is 22.6 Å². The third-order valence-electron chi connectivity index (χ3n) is 4.79. The minimum absolute atomic E-state index is 0.0493. The smallest absolute Gasteiger partial charge is 0.272 e. The van der Waals surface area contributed by atoms with Gasteiger partial charge < -0.3 is 4.90 Å². The highest BCUT2D eigenvalue weighted by molar-refractivity contribution is 6.00. The Balaban J connectivity index is 1.49. The molecule has 26 heavy (non-hydrogen) atoms. The highest BCUT2D eigenvalue weighted by Gasteiger charge is 2.32. The maximum Gasteiger partial charge on any atom is 0.272 e. The van der Waals surface area contributed by atoms with Crippen molar-refractivity contribution in [2.45, 2.75) is 6.42 Å². The van der Waals surface area contributed by atoms with Crippen LogP contribution in [0, 0.1) is 11.7 Å². The lowest BCUT2D eigenvalue weighted by Crippen LogP contribution is -2.30. The third kappa shape index (κ3) is 3.08. The number of carbonyl (C=O) groups excluding carboxylic acids is 2. The Kier molecular flexibility index (Phi) is 4.21. The van der Waals surface area contributed by atoms with Crippen LogP contribution in [0.1, 0.15) is 27.3 Å². The van der Waals surface area contributed by atoms with Crippen LogP contribution < -0.4 is 0 Å². The van der Waals surface area contributed by atoms with E-state index < -0.39 is 0 Å². The first-order valence-electron chi connectivity index (χ1n) is 8.57. The minimum Gasteiger partial charge on any atom is -0.337 e. The summed E-state index contributed by atoms with van der Waals surface area (Å²) in [7, 11) is 0. The number of hydrogen-bond donors (Lipinski definition) is 0. The van der Waals surface area contributed by atoms with Gasteiger partial charge in [-0.1, -0.05) is 24.3 Å². The fraction of sp³-hybridized carbons (Fsp3) is 0.190. The van der Waals surface area contributed by atoms with Crippen LogP contribution >= 0.6 is 0 Å². The minimum atomic E-state index is -0.368.